The van der Waals surface area contributed by atoms with E-state index in [2.05, 4.69) is 0 Å². The average Bonchev–Trinajstić information content (AvgIpc) is 2.68. The van der Waals surface area contributed by atoms with Crippen LogP contribution in [0.1, 0.15) is 15.9 Å². The zero-order valence-electron chi connectivity index (χ0n) is 16.6. The van der Waals surface area contributed by atoms with E-state index in [0.29, 0.717) is 11.1 Å². The summed E-state index contributed by atoms with van der Waals surface area (Å²) in [7, 11) is 7.93. The molecule has 0 amide bonds. The van der Waals surface area contributed by atoms with Gasteiger partial charge in [-0.3, -0.25) is 4.79 Å². The van der Waals surface area contributed by atoms with Crippen LogP contribution in [0.5, 0.6) is 11.5 Å². The zero-order chi connectivity index (χ0) is 20.7. The quantitative estimate of drug-likeness (QED) is 0.668. The van der Waals surface area contributed by atoms with Crippen LogP contribution in [-0.4, -0.2) is 44.2 Å². The van der Waals surface area contributed by atoms with Crippen molar-refractivity contribution >= 4 is 17.2 Å². The van der Waals surface area contributed by atoms with Crippen molar-refractivity contribution in [3.8, 4) is 11.5 Å². The molecule has 0 heterocycles. The molecule has 0 atom stereocenters. The second kappa shape index (κ2) is 9.46. The molecule has 0 aromatic heterocycles. The fraction of sp³-hybridized carbons (Fsp3) is 0.174. The van der Waals surface area contributed by atoms with Crippen molar-refractivity contribution in [1.29, 1.82) is 0 Å². The van der Waals surface area contributed by atoms with E-state index in [-0.39, 0.29) is 17.3 Å². The van der Waals surface area contributed by atoms with Gasteiger partial charge in [0.05, 0.1) is 0 Å². The number of ketones is 1. The lowest BCUT2D eigenvalue weighted by Crippen LogP contribution is -2.10. The molecule has 0 saturated heterocycles. The van der Waals surface area contributed by atoms with Gasteiger partial charge in [0.1, 0.15) is 11.5 Å². The van der Waals surface area contributed by atoms with Crippen LogP contribution in [0.3, 0.4) is 0 Å². The number of hydrogen-bond acceptors (Lipinski definition) is 5. The van der Waals surface area contributed by atoms with Crippen LogP contribution in [0, 0.1) is 0 Å². The van der Waals surface area contributed by atoms with Crippen LogP contribution in [-0.2, 0) is 0 Å². The van der Waals surface area contributed by atoms with Gasteiger partial charge >= 0.3 is 0 Å². The third-order valence-corrected chi connectivity index (χ3v) is 4.12. The lowest BCUT2D eigenvalue weighted by atomic mass is 10.0. The molecule has 3 aromatic carbocycles. The molecule has 0 unspecified atom stereocenters. The van der Waals surface area contributed by atoms with Gasteiger partial charge in [-0.25, -0.2) is 0 Å². The molecule has 0 fully saturated rings. The summed E-state index contributed by atoms with van der Waals surface area (Å²) in [5, 5.41) is 17.3. The van der Waals surface area contributed by atoms with Crippen LogP contribution in [0.15, 0.2) is 72.8 Å². The third-order valence-electron chi connectivity index (χ3n) is 4.12. The minimum atomic E-state index is 0.0561. The first-order valence-electron chi connectivity index (χ1n) is 8.85. The highest BCUT2D eigenvalue weighted by Crippen LogP contribution is 2.18. The van der Waals surface area contributed by atoms with Gasteiger partial charge in [-0.05, 0) is 60.7 Å². The maximum Gasteiger partial charge on any atom is 0.193 e. The Balaban J connectivity index is 0.000000292. The van der Waals surface area contributed by atoms with E-state index in [1.54, 1.807) is 6.07 Å². The largest absolute Gasteiger partial charge is 0.508 e. The first kappa shape index (κ1) is 20.8. The number of carbonyl (C=O) groups excluding carboxylic acids is 1. The van der Waals surface area contributed by atoms with Crippen LogP contribution in [0.25, 0.3) is 0 Å². The zero-order valence-corrected chi connectivity index (χ0v) is 16.6. The Labute approximate surface area is 166 Å². The molecule has 0 radical (unpaired) electrons. The molecule has 28 heavy (non-hydrogen) atoms. The molecule has 0 aliphatic carbocycles. The number of phenols is 2. The molecule has 0 aliphatic rings. The Bertz CT molecular complexity index is 831. The van der Waals surface area contributed by atoms with Crippen molar-refractivity contribution in [2.75, 3.05) is 38.0 Å². The summed E-state index contributed by atoms with van der Waals surface area (Å²) in [5.74, 6) is 0.232. The smallest absolute Gasteiger partial charge is 0.193 e. The predicted molar refractivity (Wildman–Crippen MR) is 115 cm³/mol. The van der Waals surface area contributed by atoms with Gasteiger partial charge in [0.25, 0.3) is 0 Å². The van der Waals surface area contributed by atoms with Crippen LogP contribution < -0.4 is 9.80 Å². The van der Waals surface area contributed by atoms with E-state index in [1.807, 2.05) is 86.5 Å². The van der Waals surface area contributed by atoms with Crippen molar-refractivity contribution in [3.05, 3.63) is 83.9 Å². The number of rotatable bonds is 4. The monoisotopic (exact) mass is 378 g/mol. The molecule has 3 rings (SSSR count). The number of carbonyl (C=O) groups is 1. The molecule has 5 nitrogen and oxygen atoms in total. The standard InChI is InChI=1S/C17H20N2O.C6H6O2/c1-18(2)15-9-5-13(6-10-15)17(20)14-7-11-16(12-8-14)19(3)4;7-5-2-1-3-6(8)4-5/h5-12H,1-4H3;1-4,7-8H. The lowest BCUT2D eigenvalue weighted by molar-refractivity contribution is 0.103. The SMILES string of the molecule is CN(C)c1ccc(C(=O)c2ccc(N(C)C)cc2)cc1.Oc1cccc(O)c1. The molecular formula is C23H26N2O3. The van der Waals surface area contributed by atoms with Crippen molar-refractivity contribution in [3.63, 3.8) is 0 Å². The number of nitrogens with zero attached hydrogens (tertiary/aromatic N) is 2. The number of phenolic OH excluding ortho intramolecular Hbond substituents is 2. The minimum absolute atomic E-state index is 0.0561. The van der Waals surface area contributed by atoms with Gasteiger partial charge in [0.2, 0.25) is 0 Å². The number of benzene rings is 3. The number of hydrogen-bond donors (Lipinski definition) is 2. The van der Waals surface area contributed by atoms with Crippen LogP contribution in [0.2, 0.25) is 0 Å². The fourth-order valence-electron chi connectivity index (χ4n) is 2.48. The predicted octanol–water partition coefficient (Wildman–Crippen LogP) is 4.15. The summed E-state index contributed by atoms with van der Waals surface area (Å²) in [4.78, 5) is 16.4. The van der Waals surface area contributed by atoms with Gasteiger partial charge in [0, 0.05) is 56.8 Å². The maximum atomic E-state index is 12.4. The molecular weight excluding hydrogens is 352 g/mol. The maximum absolute atomic E-state index is 12.4. The third kappa shape index (κ3) is 5.77. The molecule has 0 bridgehead atoms. The average molecular weight is 378 g/mol. The Kier molecular flexibility index (Phi) is 7.04. The molecule has 146 valence electrons. The van der Waals surface area contributed by atoms with Crippen molar-refractivity contribution in [2.24, 2.45) is 0 Å². The molecule has 3 aromatic rings. The summed E-state index contributed by atoms with van der Waals surface area (Å²) >= 11 is 0. The van der Waals surface area contributed by atoms with Crippen molar-refractivity contribution in [1.82, 2.24) is 0 Å². The van der Waals surface area contributed by atoms with Gasteiger partial charge in [-0.15, -0.1) is 0 Å². The van der Waals surface area contributed by atoms with Crippen LogP contribution >= 0.6 is 0 Å². The van der Waals surface area contributed by atoms with E-state index >= 15 is 0 Å². The molecule has 5 heteroatoms. The first-order valence-corrected chi connectivity index (χ1v) is 8.85. The summed E-state index contributed by atoms with van der Waals surface area (Å²) in [6.45, 7) is 0. The Morgan fingerprint density at radius 1 is 0.643 bits per heavy atom. The minimum Gasteiger partial charge on any atom is -0.508 e. The Morgan fingerprint density at radius 2 is 1.00 bits per heavy atom. The van der Waals surface area contributed by atoms with E-state index in [0.717, 1.165) is 11.4 Å². The Hall–Kier alpha value is -3.47. The van der Waals surface area contributed by atoms with E-state index in [4.69, 9.17) is 10.2 Å². The van der Waals surface area contributed by atoms with Gasteiger partial charge < -0.3 is 20.0 Å². The second-order valence-electron chi connectivity index (χ2n) is 6.73. The topological polar surface area (TPSA) is 64.0 Å². The first-order chi connectivity index (χ1) is 13.3. The molecule has 2 N–H and O–H groups in total. The highest BCUT2D eigenvalue weighted by atomic mass is 16.3. The second-order valence-corrected chi connectivity index (χ2v) is 6.73. The Morgan fingerprint density at radius 3 is 1.25 bits per heavy atom. The van der Waals surface area contributed by atoms with Crippen LogP contribution in [0.4, 0.5) is 11.4 Å². The summed E-state index contributed by atoms with van der Waals surface area (Å²) < 4.78 is 0. The highest BCUT2D eigenvalue weighted by molar-refractivity contribution is 6.09. The summed E-state index contributed by atoms with van der Waals surface area (Å²) in [5.41, 5.74) is 3.61. The van der Waals surface area contributed by atoms with Gasteiger partial charge in [-0.2, -0.15) is 0 Å². The van der Waals surface area contributed by atoms with E-state index in [9.17, 15) is 4.79 Å². The summed E-state index contributed by atoms with van der Waals surface area (Å²) in [6.07, 6.45) is 0. The number of aromatic hydroxyl groups is 2. The molecule has 0 saturated carbocycles. The normalized spacial score (nSPS) is 9.86. The van der Waals surface area contributed by atoms with Crippen molar-refractivity contribution in [2.45, 2.75) is 0 Å². The van der Waals surface area contributed by atoms with E-state index in [1.165, 1.54) is 18.2 Å². The number of anilines is 2. The lowest BCUT2D eigenvalue weighted by Gasteiger charge is -2.13. The molecule has 0 aliphatic heterocycles. The molecule has 0 spiro atoms. The van der Waals surface area contributed by atoms with Gasteiger partial charge in [-0.1, -0.05) is 6.07 Å². The van der Waals surface area contributed by atoms with Crippen molar-refractivity contribution < 1.29 is 15.0 Å². The highest BCUT2D eigenvalue weighted by Gasteiger charge is 2.09. The van der Waals surface area contributed by atoms with E-state index < -0.39 is 0 Å². The fourth-order valence-corrected chi connectivity index (χ4v) is 2.48. The summed E-state index contributed by atoms with van der Waals surface area (Å²) in [6, 6.07) is 21.2. The van der Waals surface area contributed by atoms with Gasteiger partial charge in [0.15, 0.2) is 5.78 Å².